The Kier molecular flexibility index (Phi) is 4.74. The standard InChI is InChI=1S/C11H19N3O.ClH/c1-8(2)14-6-4-10(5-7-14)11-12-9(3)15-13-11;/h8,10H,4-7H2,1-3H3;1H. The normalized spacial score (nSPS) is 18.8. The molecule has 1 aromatic heterocycles. The highest BCUT2D eigenvalue weighted by Crippen LogP contribution is 2.26. The summed E-state index contributed by atoms with van der Waals surface area (Å²) in [5.41, 5.74) is 0. The topological polar surface area (TPSA) is 42.2 Å². The van der Waals surface area contributed by atoms with Crippen molar-refractivity contribution in [3.63, 3.8) is 0 Å². The Morgan fingerprint density at radius 2 is 1.94 bits per heavy atom. The molecule has 0 atom stereocenters. The fourth-order valence-corrected chi connectivity index (χ4v) is 2.15. The van der Waals surface area contributed by atoms with E-state index < -0.39 is 0 Å². The van der Waals surface area contributed by atoms with Gasteiger partial charge in [0.05, 0.1) is 0 Å². The molecular weight excluding hydrogens is 226 g/mol. The number of hydrogen-bond acceptors (Lipinski definition) is 4. The highest BCUT2D eigenvalue weighted by atomic mass is 35.5. The summed E-state index contributed by atoms with van der Waals surface area (Å²) in [5.74, 6) is 2.07. The first-order valence-electron chi connectivity index (χ1n) is 5.71. The monoisotopic (exact) mass is 245 g/mol. The van der Waals surface area contributed by atoms with Gasteiger partial charge in [-0.15, -0.1) is 12.4 Å². The predicted octanol–water partition coefficient (Wildman–Crippen LogP) is 2.39. The van der Waals surface area contributed by atoms with Crippen molar-refractivity contribution >= 4 is 12.4 Å². The van der Waals surface area contributed by atoms with Crippen molar-refractivity contribution in [3.8, 4) is 0 Å². The maximum atomic E-state index is 5.02. The van der Waals surface area contributed by atoms with Crippen LogP contribution >= 0.6 is 12.4 Å². The number of aromatic nitrogens is 2. The van der Waals surface area contributed by atoms with Crippen LogP contribution in [0.15, 0.2) is 4.52 Å². The van der Waals surface area contributed by atoms with Crippen molar-refractivity contribution in [3.05, 3.63) is 11.7 Å². The van der Waals surface area contributed by atoms with Gasteiger partial charge in [0.15, 0.2) is 5.82 Å². The molecule has 0 spiro atoms. The van der Waals surface area contributed by atoms with E-state index in [1.165, 1.54) is 0 Å². The van der Waals surface area contributed by atoms with Crippen molar-refractivity contribution in [1.82, 2.24) is 15.0 Å². The Labute approximate surface area is 103 Å². The van der Waals surface area contributed by atoms with Gasteiger partial charge in [0.25, 0.3) is 0 Å². The molecule has 0 aliphatic carbocycles. The van der Waals surface area contributed by atoms with Gasteiger partial charge in [-0.2, -0.15) is 4.98 Å². The molecule has 2 rings (SSSR count). The van der Waals surface area contributed by atoms with Crippen LogP contribution in [0.1, 0.15) is 44.3 Å². The molecular formula is C11H20ClN3O. The summed E-state index contributed by atoms with van der Waals surface area (Å²) in [4.78, 5) is 6.81. The zero-order valence-corrected chi connectivity index (χ0v) is 11.0. The molecule has 1 saturated heterocycles. The van der Waals surface area contributed by atoms with Crippen molar-refractivity contribution < 1.29 is 4.52 Å². The van der Waals surface area contributed by atoms with E-state index in [4.69, 9.17) is 4.52 Å². The lowest BCUT2D eigenvalue weighted by Gasteiger charge is -2.33. The third kappa shape index (κ3) is 2.95. The van der Waals surface area contributed by atoms with Crippen LogP contribution in [0.5, 0.6) is 0 Å². The molecule has 2 heterocycles. The number of hydrogen-bond donors (Lipinski definition) is 0. The molecule has 0 N–H and O–H groups in total. The number of aryl methyl sites for hydroxylation is 1. The average molecular weight is 246 g/mol. The Hall–Kier alpha value is -0.610. The smallest absolute Gasteiger partial charge is 0.223 e. The van der Waals surface area contributed by atoms with Gasteiger partial charge >= 0.3 is 0 Å². The Morgan fingerprint density at radius 3 is 2.38 bits per heavy atom. The maximum Gasteiger partial charge on any atom is 0.223 e. The average Bonchev–Trinajstić information content (AvgIpc) is 2.65. The van der Waals surface area contributed by atoms with E-state index in [2.05, 4.69) is 28.9 Å². The van der Waals surface area contributed by atoms with Gasteiger partial charge in [-0.1, -0.05) is 5.16 Å². The first kappa shape index (κ1) is 13.5. The van der Waals surface area contributed by atoms with Crippen molar-refractivity contribution in [2.24, 2.45) is 0 Å². The SMILES string of the molecule is Cc1nc(C2CCN(C(C)C)CC2)no1.Cl. The number of rotatable bonds is 2. The summed E-state index contributed by atoms with van der Waals surface area (Å²) in [6.07, 6.45) is 2.30. The first-order valence-corrected chi connectivity index (χ1v) is 5.71. The van der Waals surface area contributed by atoms with Gasteiger partial charge < -0.3 is 9.42 Å². The zero-order chi connectivity index (χ0) is 10.8. The van der Waals surface area contributed by atoms with Gasteiger partial charge in [0, 0.05) is 18.9 Å². The molecule has 0 amide bonds. The minimum atomic E-state index is 0. The molecule has 0 unspecified atom stereocenters. The molecule has 1 aliphatic heterocycles. The molecule has 1 aliphatic rings. The first-order chi connectivity index (χ1) is 7.16. The van der Waals surface area contributed by atoms with Crippen LogP contribution in [0.2, 0.25) is 0 Å². The maximum absolute atomic E-state index is 5.02. The van der Waals surface area contributed by atoms with Crippen LogP contribution in [-0.2, 0) is 0 Å². The molecule has 4 nitrogen and oxygen atoms in total. The van der Waals surface area contributed by atoms with Gasteiger partial charge in [-0.25, -0.2) is 0 Å². The number of piperidine rings is 1. The van der Waals surface area contributed by atoms with Crippen LogP contribution in [-0.4, -0.2) is 34.2 Å². The second kappa shape index (κ2) is 5.64. The fourth-order valence-electron chi connectivity index (χ4n) is 2.15. The second-order valence-electron chi connectivity index (χ2n) is 4.58. The van der Waals surface area contributed by atoms with Gasteiger partial charge in [0.2, 0.25) is 5.89 Å². The van der Waals surface area contributed by atoms with Crippen LogP contribution in [0, 0.1) is 6.92 Å². The van der Waals surface area contributed by atoms with Crippen molar-refractivity contribution in [2.45, 2.75) is 45.6 Å². The number of nitrogens with zero attached hydrogens (tertiary/aromatic N) is 3. The van der Waals surface area contributed by atoms with E-state index in [1.54, 1.807) is 0 Å². The van der Waals surface area contributed by atoms with E-state index in [9.17, 15) is 0 Å². The molecule has 1 fully saturated rings. The van der Waals surface area contributed by atoms with Crippen LogP contribution in [0.25, 0.3) is 0 Å². The van der Waals surface area contributed by atoms with E-state index in [-0.39, 0.29) is 12.4 Å². The molecule has 0 bridgehead atoms. The van der Waals surface area contributed by atoms with E-state index >= 15 is 0 Å². The molecule has 16 heavy (non-hydrogen) atoms. The molecule has 0 saturated carbocycles. The highest BCUT2D eigenvalue weighted by molar-refractivity contribution is 5.85. The van der Waals surface area contributed by atoms with E-state index in [0.29, 0.717) is 17.9 Å². The number of halogens is 1. The second-order valence-corrected chi connectivity index (χ2v) is 4.58. The minimum absolute atomic E-state index is 0. The molecule has 92 valence electrons. The van der Waals surface area contributed by atoms with Gasteiger partial charge in [-0.05, 0) is 39.8 Å². The van der Waals surface area contributed by atoms with Crippen LogP contribution < -0.4 is 0 Å². The number of likely N-dealkylation sites (tertiary alicyclic amines) is 1. The Bertz CT molecular complexity index is 319. The van der Waals surface area contributed by atoms with Gasteiger partial charge in [-0.3, -0.25) is 0 Å². The van der Waals surface area contributed by atoms with E-state index in [1.807, 2.05) is 6.92 Å². The Morgan fingerprint density at radius 1 is 1.31 bits per heavy atom. The van der Waals surface area contributed by atoms with E-state index in [0.717, 1.165) is 31.8 Å². The zero-order valence-electron chi connectivity index (χ0n) is 10.1. The van der Waals surface area contributed by atoms with Crippen LogP contribution in [0.3, 0.4) is 0 Å². The van der Waals surface area contributed by atoms with Crippen LogP contribution in [0.4, 0.5) is 0 Å². The summed E-state index contributed by atoms with van der Waals surface area (Å²) in [7, 11) is 0. The lowest BCUT2D eigenvalue weighted by molar-refractivity contribution is 0.168. The lowest BCUT2D eigenvalue weighted by atomic mass is 9.95. The minimum Gasteiger partial charge on any atom is -0.340 e. The third-order valence-corrected chi connectivity index (χ3v) is 3.17. The third-order valence-electron chi connectivity index (χ3n) is 3.17. The van der Waals surface area contributed by atoms with Gasteiger partial charge in [0.1, 0.15) is 0 Å². The quantitative estimate of drug-likeness (QED) is 0.803. The van der Waals surface area contributed by atoms with Crippen molar-refractivity contribution in [2.75, 3.05) is 13.1 Å². The molecule has 1 aromatic rings. The largest absolute Gasteiger partial charge is 0.340 e. The summed E-state index contributed by atoms with van der Waals surface area (Å²) >= 11 is 0. The summed E-state index contributed by atoms with van der Waals surface area (Å²) in [6, 6.07) is 0.651. The predicted molar refractivity (Wildman–Crippen MR) is 65.0 cm³/mol. The highest BCUT2D eigenvalue weighted by Gasteiger charge is 2.24. The summed E-state index contributed by atoms with van der Waals surface area (Å²) in [6.45, 7) is 8.64. The summed E-state index contributed by atoms with van der Waals surface area (Å²) < 4.78 is 5.02. The molecule has 0 radical (unpaired) electrons. The molecule has 5 heteroatoms. The fraction of sp³-hybridized carbons (Fsp3) is 0.818. The summed E-state index contributed by atoms with van der Waals surface area (Å²) in [5, 5.41) is 4.00. The Balaban J connectivity index is 0.00000128. The molecule has 0 aromatic carbocycles. The lowest BCUT2D eigenvalue weighted by Crippen LogP contribution is -2.38. The van der Waals surface area contributed by atoms with Crippen molar-refractivity contribution in [1.29, 1.82) is 0 Å².